The van der Waals surface area contributed by atoms with E-state index in [-0.39, 0.29) is 11.2 Å². The van der Waals surface area contributed by atoms with Gasteiger partial charge in [-0.15, -0.1) is 0 Å². The van der Waals surface area contributed by atoms with Crippen molar-refractivity contribution in [2.75, 3.05) is 38.3 Å². The first kappa shape index (κ1) is 17.9. The van der Waals surface area contributed by atoms with Crippen molar-refractivity contribution in [3.05, 3.63) is 0 Å². The highest BCUT2D eigenvalue weighted by molar-refractivity contribution is 7.91. The Morgan fingerprint density at radius 3 is 2.22 bits per heavy atom. The fourth-order valence-electron chi connectivity index (χ4n) is 1.99. The van der Waals surface area contributed by atoms with Gasteiger partial charge in [0.2, 0.25) is 0 Å². The molecular formula is C13H29NO3S. The zero-order valence-corrected chi connectivity index (χ0v) is 13.1. The highest BCUT2D eigenvalue weighted by Crippen LogP contribution is 2.30. The maximum Gasteiger partial charge on any atom is 0.150 e. The molecule has 0 spiro atoms. The van der Waals surface area contributed by atoms with Gasteiger partial charge in [0, 0.05) is 26.0 Å². The number of hydrogen-bond acceptors (Lipinski definition) is 4. The number of methoxy groups -OCH3 is 1. The van der Waals surface area contributed by atoms with Crippen LogP contribution in [0, 0.1) is 5.41 Å². The van der Waals surface area contributed by atoms with Crippen LogP contribution in [-0.2, 0) is 14.6 Å². The Morgan fingerprint density at radius 2 is 1.78 bits per heavy atom. The minimum atomic E-state index is -2.86. The molecule has 0 aromatic heterocycles. The lowest BCUT2D eigenvalue weighted by Gasteiger charge is -2.32. The Kier molecular flexibility index (Phi) is 8.82. The fourth-order valence-corrected chi connectivity index (χ4v) is 3.02. The molecule has 0 radical (unpaired) electrons. The standard InChI is InChI=1S/C13H29NO3S/c1-5-13(6-2,12-14-9-10-17-4)8-11-18(15,16)7-3/h14H,5-12H2,1-4H3. The van der Waals surface area contributed by atoms with Gasteiger partial charge in [0.1, 0.15) is 9.84 Å². The summed E-state index contributed by atoms with van der Waals surface area (Å²) in [6.07, 6.45) is 2.75. The molecule has 110 valence electrons. The van der Waals surface area contributed by atoms with Crippen LogP contribution in [0.4, 0.5) is 0 Å². The van der Waals surface area contributed by atoms with Crippen LogP contribution in [0.15, 0.2) is 0 Å². The van der Waals surface area contributed by atoms with Crippen LogP contribution < -0.4 is 5.32 Å². The zero-order chi connectivity index (χ0) is 14.1. The molecule has 0 bridgehead atoms. The van der Waals surface area contributed by atoms with Crippen molar-refractivity contribution in [2.24, 2.45) is 5.41 Å². The SMILES string of the molecule is CCC(CC)(CCS(=O)(=O)CC)CNCCOC. The Balaban J connectivity index is 4.33. The molecule has 0 amide bonds. The molecule has 0 atom stereocenters. The maximum atomic E-state index is 11.6. The molecule has 0 aliphatic carbocycles. The third-order valence-electron chi connectivity index (χ3n) is 3.87. The molecule has 0 aliphatic rings. The van der Waals surface area contributed by atoms with Crippen molar-refractivity contribution < 1.29 is 13.2 Å². The molecular weight excluding hydrogens is 250 g/mol. The van der Waals surface area contributed by atoms with Gasteiger partial charge in [0.15, 0.2) is 0 Å². The predicted molar refractivity (Wildman–Crippen MR) is 76.7 cm³/mol. The van der Waals surface area contributed by atoms with Crippen molar-refractivity contribution in [2.45, 2.75) is 40.0 Å². The molecule has 0 heterocycles. The third kappa shape index (κ3) is 6.71. The molecule has 0 saturated heterocycles. The van der Waals surface area contributed by atoms with Gasteiger partial charge in [0.25, 0.3) is 0 Å². The summed E-state index contributed by atoms with van der Waals surface area (Å²) in [7, 11) is -1.18. The molecule has 0 aromatic rings. The van der Waals surface area contributed by atoms with Crippen molar-refractivity contribution in [1.82, 2.24) is 5.32 Å². The van der Waals surface area contributed by atoms with Crippen LogP contribution in [-0.4, -0.2) is 46.7 Å². The van der Waals surface area contributed by atoms with Gasteiger partial charge in [-0.1, -0.05) is 20.8 Å². The van der Waals surface area contributed by atoms with Crippen LogP contribution in [0.5, 0.6) is 0 Å². The molecule has 0 rings (SSSR count). The van der Waals surface area contributed by atoms with Gasteiger partial charge in [-0.3, -0.25) is 0 Å². The summed E-state index contributed by atoms with van der Waals surface area (Å²) in [4.78, 5) is 0. The van der Waals surface area contributed by atoms with E-state index in [1.54, 1.807) is 14.0 Å². The van der Waals surface area contributed by atoms with Crippen LogP contribution in [0.3, 0.4) is 0 Å². The Labute approximate surface area is 112 Å². The number of rotatable bonds is 11. The van der Waals surface area contributed by atoms with Gasteiger partial charge in [0.05, 0.1) is 12.4 Å². The van der Waals surface area contributed by atoms with Crippen LogP contribution >= 0.6 is 0 Å². The number of hydrogen-bond donors (Lipinski definition) is 1. The molecule has 18 heavy (non-hydrogen) atoms. The first-order chi connectivity index (χ1) is 8.45. The molecule has 0 aliphatic heterocycles. The molecule has 0 saturated carbocycles. The fraction of sp³-hybridized carbons (Fsp3) is 1.00. The lowest BCUT2D eigenvalue weighted by atomic mass is 9.80. The summed E-state index contributed by atoms with van der Waals surface area (Å²) in [5.41, 5.74) is 0.0932. The van der Waals surface area contributed by atoms with Gasteiger partial charge in [-0.2, -0.15) is 0 Å². The predicted octanol–water partition coefficient (Wildman–Crippen LogP) is 1.85. The third-order valence-corrected chi connectivity index (χ3v) is 5.57. The van der Waals surface area contributed by atoms with E-state index < -0.39 is 9.84 Å². The molecule has 0 fully saturated rings. The molecule has 0 aromatic carbocycles. The van der Waals surface area contributed by atoms with E-state index in [0.717, 1.165) is 32.4 Å². The minimum Gasteiger partial charge on any atom is -0.383 e. The Bertz CT molecular complexity index is 297. The highest BCUT2D eigenvalue weighted by atomic mass is 32.2. The summed E-state index contributed by atoms with van der Waals surface area (Å²) < 4.78 is 28.2. The smallest absolute Gasteiger partial charge is 0.150 e. The highest BCUT2D eigenvalue weighted by Gasteiger charge is 2.27. The summed E-state index contributed by atoms with van der Waals surface area (Å²) in [5.74, 6) is 0.546. The quantitative estimate of drug-likeness (QED) is 0.587. The Hall–Kier alpha value is -0.130. The van der Waals surface area contributed by atoms with Crippen LogP contribution in [0.2, 0.25) is 0 Å². The Morgan fingerprint density at radius 1 is 1.17 bits per heavy atom. The minimum absolute atomic E-state index is 0.0932. The van der Waals surface area contributed by atoms with E-state index in [1.165, 1.54) is 0 Å². The van der Waals surface area contributed by atoms with Crippen molar-refractivity contribution in [3.8, 4) is 0 Å². The van der Waals surface area contributed by atoms with Crippen LogP contribution in [0.1, 0.15) is 40.0 Å². The second kappa shape index (κ2) is 8.88. The zero-order valence-electron chi connectivity index (χ0n) is 12.3. The van der Waals surface area contributed by atoms with E-state index in [9.17, 15) is 8.42 Å². The number of nitrogens with one attached hydrogen (secondary N) is 1. The van der Waals surface area contributed by atoms with E-state index in [0.29, 0.717) is 12.4 Å². The summed E-state index contributed by atoms with van der Waals surface area (Å²) >= 11 is 0. The number of sulfone groups is 1. The van der Waals surface area contributed by atoms with Gasteiger partial charge < -0.3 is 10.1 Å². The summed E-state index contributed by atoms with van der Waals surface area (Å²) in [6, 6.07) is 0. The average molecular weight is 279 g/mol. The van der Waals surface area contributed by atoms with E-state index >= 15 is 0 Å². The molecule has 5 heteroatoms. The van der Waals surface area contributed by atoms with Crippen molar-refractivity contribution >= 4 is 9.84 Å². The lowest BCUT2D eigenvalue weighted by molar-refractivity contribution is 0.184. The molecule has 1 N–H and O–H groups in total. The monoisotopic (exact) mass is 279 g/mol. The molecule has 4 nitrogen and oxygen atoms in total. The summed E-state index contributed by atoms with van der Waals surface area (Å²) in [5, 5.41) is 3.36. The van der Waals surface area contributed by atoms with Crippen molar-refractivity contribution in [3.63, 3.8) is 0 Å². The largest absolute Gasteiger partial charge is 0.383 e. The topological polar surface area (TPSA) is 55.4 Å². The maximum absolute atomic E-state index is 11.6. The second-order valence-corrected chi connectivity index (χ2v) is 7.34. The van der Waals surface area contributed by atoms with E-state index in [4.69, 9.17) is 4.74 Å². The van der Waals surface area contributed by atoms with Gasteiger partial charge in [-0.05, 0) is 24.7 Å². The second-order valence-electron chi connectivity index (χ2n) is 4.86. The van der Waals surface area contributed by atoms with Crippen LogP contribution in [0.25, 0.3) is 0 Å². The van der Waals surface area contributed by atoms with Gasteiger partial charge >= 0.3 is 0 Å². The molecule has 0 unspecified atom stereocenters. The number of ether oxygens (including phenoxy) is 1. The van der Waals surface area contributed by atoms with E-state index in [1.807, 2.05) is 0 Å². The van der Waals surface area contributed by atoms with Crippen molar-refractivity contribution in [1.29, 1.82) is 0 Å². The van der Waals surface area contributed by atoms with Gasteiger partial charge in [-0.25, -0.2) is 8.42 Å². The lowest BCUT2D eigenvalue weighted by Crippen LogP contribution is -2.36. The normalized spacial score (nSPS) is 12.9. The first-order valence-corrected chi connectivity index (χ1v) is 8.67. The summed E-state index contributed by atoms with van der Waals surface area (Å²) in [6.45, 7) is 8.37. The average Bonchev–Trinajstić information content (AvgIpc) is 2.39. The van der Waals surface area contributed by atoms with E-state index in [2.05, 4.69) is 19.2 Å². The first-order valence-electron chi connectivity index (χ1n) is 6.85.